The molecule has 0 aromatic heterocycles. The normalized spacial score (nSPS) is 18.5. The van der Waals surface area contributed by atoms with E-state index in [1.54, 1.807) is 54.7 Å². The molecule has 0 fully saturated rings. The van der Waals surface area contributed by atoms with Crippen LogP contribution in [0.25, 0.3) is 0 Å². The number of methoxy groups -OCH3 is 1. The molecule has 0 spiro atoms. The summed E-state index contributed by atoms with van der Waals surface area (Å²) in [7, 11) is -2.50. The zero-order valence-electron chi connectivity index (χ0n) is 16.9. The highest BCUT2D eigenvalue weighted by Crippen LogP contribution is 2.23. The van der Waals surface area contributed by atoms with Gasteiger partial charge in [0.05, 0.1) is 12.0 Å². The maximum atomic E-state index is 12.9. The zero-order chi connectivity index (χ0) is 22.3. The third-order valence-electron chi connectivity index (χ3n) is 4.27. The molecule has 0 radical (unpaired) electrons. The fourth-order valence-corrected chi connectivity index (χ4v) is 3.73. The number of hydrogen-bond donors (Lipinski definition) is 2. The van der Waals surface area contributed by atoms with Gasteiger partial charge < -0.3 is 15.2 Å². The zero-order valence-corrected chi connectivity index (χ0v) is 17.7. The summed E-state index contributed by atoms with van der Waals surface area (Å²) in [6, 6.07) is 5.99. The van der Waals surface area contributed by atoms with Crippen LogP contribution in [0.3, 0.4) is 0 Å². The van der Waals surface area contributed by atoms with E-state index in [1.165, 1.54) is 31.6 Å². The number of nitrogens with two attached hydrogens (primary N) is 1. The number of nitrogens with zero attached hydrogens (tertiary/aromatic N) is 2. The lowest BCUT2D eigenvalue weighted by molar-refractivity contribution is 0.0105. The lowest BCUT2D eigenvalue weighted by Gasteiger charge is -2.16. The summed E-state index contributed by atoms with van der Waals surface area (Å²) >= 11 is 0. The van der Waals surface area contributed by atoms with E-state index in [1.807, 2.05) is 0 Å². The molecule has 1 aliphatic heterocycles. The summed E-state index contributed by atoms with van der Waals surface area (Å²) in [6.07, 6.45) is 15.0. The predicted molar refractivity (Wildman–Crippen MR) is 118 cm³/mol. The molecule has 1 aromatic rings. The molecule has 0 bridgehead atoms. The van der Waals surface area contributed by atoms with E-state index in [2.05, 4.69) is 4.40 Å². The number of allylic oxidation sites excluding steroid dienone is 9. The first-order valence-corrected chi connectivity index (χ1v) is 10.8. The molecule has 0 unspecified atom stereocenters. The highest BCUT2D eigenvalue weighted by molar-refractivity contribution is 7.90. The van der Waals surface area contributed by atoms with E-state index in [-0.39, 0.29) is 23.8 Å². The lowest BCUT2D eigenvalue weighted by Crippen LogP contribution is -2.17. The third kappa shape index (κ3) is 5.82. The molecule has 1 heterocycles. The van der Waals surface area contributed by atoms with Gasteiger partial charge in [0.15, 0.2) is 0 Å². The first kappa shape index (κ1) is 22.3. The van der Waals surface area contributed by atoms with Crippen LogP contribution >= 0.6 is 0 Å². The van der Waals surface area contributed by atoms with Crippen LogP contribution in [-0.4, -0.2) is 44.7 Å². The molecule has 0 saturated heterocycles. The van der Waals surface area contributed by atoms with Gasteiger partial charge in [-0.15, -0.1) is 0 Å². The summed E-state index contributed by atoms with van der Waals surface area (Å²) in [5.74, 6) is 0.854. The first-order chi connectivity index (χ1) is 14.9. The van der Waals surface area contributed by atoms with Gasteiger partial charge in [0.1, 0.15) is 23.8 Å². The minimum atomic E-state index is -4.01. The van der Waals surface area contributed by atoms with E-state index >= 15 is 0 Å². The van der Waals surface area contributed by atoms with Crippen molar-refractivity contribution in [3.63, 3.8) is 0 Å². The molecule has 3 rings (SSSR count). The molecule has 8 nitrogen and oxygen atoms in total. The number of sulfonamides is 1. The Balaban J connectivity index is 2.00. The fraction of sp³-hybridized carbons (Fsp3) is 0.136. The first-order valence-electron chi connectivity index (χ1n) is 9.39. The largest absolute Gasteiger partial charge is 0.497 e. The summed E-state index contributed by atoms with van der Waals surface area (Å²) < 4.78 is 40.7. The maximum Gasteiger partial charge on any atom is 0.283 e. The molecule has 0 saturated carbocycles. The lowest BCUT2D eigenvalue weighted by atomic mass is 10.0. The second-order valence-corrected chi connectivity index (χ2v) is 8.02. The Bertz CT molecular complexity index is 1110. The molecule has 162 valence electrons. The number of benzene rings is 1. The second-order valence-electron chi connectivity index (χ2n) is 6.42. The van der Waals surface area contributed by atoms with E-state index in [0.717, 1.165) is 10.6 Å². The third-order valence-corrected chi connectivity index (χ3v) is 5.56. The number of hydrogen-bond acceptors (Lipinski definition) is 7. The van der Waals surface area contributed by atoms with Crippen molar-refractivity contribution in [3.05, 3.63) is 96.1 Å². The summed E-state index contributed by atoms with van der Waals surface area (Å²) in [5.41, 5.74) is 7.07. The van der Waals surface area contributed by atoms with Crippen LogP contribution in [0.4, 0.5) is 0 Å². The maximum absolute atomic E-state index is 12.9. The van der Waals surface area contributed by atoms with Gasteiger partial charge in [-0.25, -0.2) is 5.06 Å². The molecule has 1 aliphatic carbocycles. The van der Waals surface area contributed by atoms with E-state index in [0.29, 0.717) is 17.1 Å². The van der Waals surface area contributed by atoms with Crippen molar-refractivity contribution in [3.8, 4) is 5.75 Å². The van der Waals surface area contributed by atoms with Crippen molar-refractivity contribution in [2.24, 2.45) is 10.1 Å². The van der Waals surface area contributed by atoms with E-state index in [4.69, 9.17) is 15.2 Å². The van der Waals surface area contributed by atoms with Crippen molar-refractivity contribution >= 4 is 15.7 Å². The van der Waals surface area contributed by atoms with Gasteiger partial charge in [-0.1, -0.05) is 24.3 Å². The Morgan fingerprint density at radius 3 is 2.48 bits per heavy atom. The summed E-state index contributed by atoms with van der Waals surface area (Å²) in [4.78, 5) is 0.0346. The minimum Gasteiger partial charge on any atom is -0.497 e. The fourth-order valence-electron chi connectivity index (χ4n) is 2.70. The Hall–Kier alpha value is -3.40. The van der Waals surface area contributed by atoms with Gasteiger partial charge in [-0.2, -0.15) is 12.8 Å². The smallest absolute Gasteiger partial charge is 0.283 e. The summed E-state index contributed by atoms with van der Waals surface area (Å²) in [6.45, 7) is 0.489. The number of hydroxylamine groups is 2. The molecule has 1 aromatic carbocycles. The van der Waals surface area contributed by atoms with Crippen LogP contribution in [0.5, 0.6) is 5.75 Å². The Morgan fingerprint density at radius 2 is 1.84 bits per heavy atom. The molecule has 0 atom stereocenters. The quantitative estimate of drug-likeness (QED) is 0.669. The van der Waals surface area contributed by atoms with Crippen LogP contribution in [0, 0.1) is 0 Å². The monoisotopic (exact) mass is 441 g/mol. The molecule has 0 amide bonds. The Kier molecular flexibility index (Phi) is 7.24. The number of ether oxygens (including phenoxy) is 2. The van der Waals surface area contributed by atoms with Gasteiger partial charge in [0.25, 0.3) is 10.0 Å². The van der Waals surface area contributed by atoms with Crippen molar-refractivity contribution in [1.82, 2.24) is 5.06 Å². The SMILES string of the molecule is COc1ccc(S(=O)(=O)/N=C2\C(OCCN)=CC=C\C2=C/C=C2C=CN(O)C=C2)cc1. The Labute approximate surface area is 181 Å². The summed E-state index contributed by atoms with van der Waals surface area (Å²) in [5, 5.41) is 10.3. The number of rotatable bonds is 7. The van der Waals surface area contributed by atoms with E-state index < -0.39 is 10.0 Å². The van der Waals surface area contributed by atoms with Crippen LogP contribution in [0.1, 0.15) is 0 Å². The highest BCUT2D eigenvalue weighted by atomic mass is 32.2. The second kappa shape index (κ2) is 10.1. The van der Waals surface area contributed by atoms with Gasteiger partial charge in [0, 0.05) is 24.5 Å². The molecule has 9 heteroatoms. The van der Waals surface area contributed by atoms with Crippen LogP contribution in [0.2, 0.25) is 0 Å². The topological polar surface area (TPSA) is 114 Å². The van der Waals surface area contributed by atoms with Gasteiger partial charge in [0.2, 0.25) is 0 Å². The van der Waals surface area contributed by atoms with Crippen LogP contribution < -0.4 is 10.5 Å². The molecule has 2 aliphatic rings. The molecule has 31 heavy (non-hydrogen) atoms. The highest BCUT2D eigenvalue weighted by Gasteiger charge is 2.21. The average Bonchev–Trinajstić information content (AvgIpc) is 2.78. The van der Waals surface area contributed by atoms with Crippen molar-refractivity contribution < 1.29 is 23.1 Å². The minimum absolute atomic E-state index is 0.0346. The van der Waals surface area contributed by atoms with Crippen molar-refractivity contribution in [2.75, 3.05) is 20.3 Å². The molecule has 3 N–H and O–H groups in total. The molecular formula is C22H23N3O5S. The van der Waals surface area contributed by atoms with Gasteiger partial charge >= 0.3 is 0 Å². The van der Waals surface area contributed by atoms with Crippen molar-refractivity contribution in [2.45, 2.75) is 4.90 Å². The standard InChI is InChI=1S/C22H23N3O5S/c1-29-19-7-9-20(10-8-19)31(27,28)24-22-18(3-2-4-21(22)30-16-13-23)6-5-17-11-14-25(26)15-12-17/h2-12,14-15,26H,13,16,23H2,1H3/b18-6+,24-22-. The Morgan fingerprint density at radius 1 is 1.13 bits per heavy atom. The van der Waals surface area contributed by atoms with E-state index in [9.17, 15) is 13.6 Å². The van der Waals surface area contributed by atoms with Gasteiger partial charge in [-0.3, -0.25) is 5.21 Å². The predicted octanol–water partition coefficient (Wildman–Crippen LogP) is 2.84. The van der Waals surface area contributed by atoms with Crippen molar-refractivity contribution in [1.29, 1.82) is 0 Å². The molecular weight excluding hydrogens is 418 g/mol. The average molecular weight is 442 g/mol. The van der Waals surface area contributed by atoms with Crippen LogP contribution in [-0.2, 0) is 14.8 Å². The van der Waals surface area contributed by atoms with Gasteiger partial charge in [-0.05, 0) is 48.1 Å². The van der Waals surface area contributed by atoms with Crippen LogP contribution in [0.15, 0.2) is 105 Å².